The van der Waals surface area contributed by atoms with Gasteiger partial charge in [0.05, 0.1) is 23.4 Å². The highest BCUT2D eigenvalue weighted by molar-refractivity contribution is 5.96. The van der Waals surface area contributed by atoms with Crippen LogP contribution in [0, 0.1) is 0 Å². The lowest BCUT2D eigenvalue weighted by Crippen LogP contribution is -2.46. The maximum absolute atomic E-state index is 13.5. The molecule has 8 heteroatoms. The van der Waals surface area contributed by atoms with Crippen molar-refractivity contribution < 1.29 is 18.0 Å². The average molecular weight is 442 g/mol. The van der Waals surface area contributed by atoms with E-state index in [1.165, 1.54) is 18.2 Å². The molecule has 32 heavy (non-hydrogen) atoms. The van der Waals surface area contributed by atoms with E-state index in [0.29, 0.717) is 0 Å². The monoisotopic (exact) mass is 442 g/mol. The number of nitrogens with one attached hydrogen (secondary N) is 2. The van der Waals surface area contributed by atoms with Gasteiger partial charge in [0.25, 0.3) is 5.91 Å². The molecule has 0 radical (unpaired) electrons. The van der Waals surface area contributed by atoms with Gasteiger partial charge in [-0.1, -0.05) is 36.8 Å². The summed E-state index contributed by atoms with van der Waals surface area (Å²) in [7, 11) is 1.83. The van der Waals surface area contributed by atoms with Crippen LogP contribution in [0.15, 0.2) is 60.9 Å². The van der Waals surface area contributed by atoms with Crippen molar-refractivity contribution in [3.8, 4) is 11.1 Å². The largest absolute Gasteiger partial charge is 0.417 e. The molecule has 0 spiro atoms. The molecule has 1 amide bonds. The van der Waals surface area contributed by atoms with Gasteiger partial charge in [-0.25, -0.2) is 0 Å². The average Bonchev–Trinajstić information content (AvgIpc) is 3.24. The van der Waals surface area contributed by atoms with E-state index >= 15 is 0 Å². The van der Waals surface area contributed by atoms with Crippen LogP contribution in [0.4, 0.5) is 13.2 Å². The van der Waals surface area contributed by atoms with Crippen molar-refractivity contribution in [1.29, 1.82) is 0 Å². The summed E-state index contributed by atoms with van der Waals surface area (Å²) in [6, 6.07) is 12.1. The van der Waals surface area contributed by atoms with Crippen LogP contribution in [0.25, 0.3) is 11.1 Å². The van der Waals surface area contributed by atoms with Gasteiger partial charge in [0, 0.05) is 24.8 Å². The summed E-state index contributed by atoms with van der Waals surface area (Å²) in [6.07, 6.45) is 1.89. The van der Waals surface area contributed by atoms with E-state index in [-0.39, 0.29) is 11.6 Å². The lowest BCUT2D eigenvalue weighted by atomic mass is 9.90. The first kappa shape index (κ1) is 22.1. The van der Waals surface area contributed by atoms with Crippen molar-refractivity contribution in [3.63, 3.8) is 0 Å². The van der Waals surface area contributed by atoms with Crippen molar-refractivity contribution in [2.75, 3.05) is 6.54 Å². The lowest BCUT2D eigenvalue weighted by Gasteiger charge is -2.33. The second-order valence-electron chi connectivity index (χ2n) is 8.08. The van der Waals surface area contributed by atoms with E-state index in [0.717, 1.165) is 48.6 Å². The highest BCUT2D eigenvalue weighted by Crippen LogP contribution is 2.33. The fraction of sp³-hybridized carbons (Fsp3) is 0.333. The minimum atomic E-state index is -4.60. The molecule has 0 saturated carbocycles. The van der Waals surface area contributed by atoms with Crippen molar-refractivity contribution >= 4 is 5.91 Å². The van der Waals surface area contributed by atoms with Crippen LogP contribution in [0.5, 0.6) is 0 Å². The van der Waals surface area contributed by atoms with E-state index < -0.39 is 23.7 Å². The van der Waals surface area contributed by atoms with E-state index in [1.54, 1.807) is 10.9 Å². The molecular formula is C24H25F3N4O. The highest BCUT2D eigenvalue weighted by Gasteiger charge is 2.36. The number of piperidine rings is 1. The Morgan fingerprint density at radius 1 is 1.16 bits per heavy atom. The number of carbonyl (C=O) groups excluding carboxylic acids is 1. The number of benzene rings is 2. The van der Waals surface area contributed by atoms with Crippen LogP contribution in [0.2, 0.25) is 0 Å². The summed E-state index contributed by atoms with van der Waals surface area (Å²) < 4.78 is 42.1. The number of carbonyl (C=O) groups is 1. The standard InChI is InChI=1S/C24H25F3N4O/c1-31-15-18(14-29-31)16-7-6-8-17(13-16)22(21-11-4-5-12-28-21)30-23(32)19-9-2-3-10-20(19)24(25,26)27/h2-3,6-10,13-15,21-22,28H,4-5,11-12H2,1H3,(H,30,32)/t21-,22-/m0/s1. The molecular weight excluding hydrogens is 417 g/mol. The molecule has 1 saturated heterocycles. The van der Waals surface area contributed by atoms with Gasteiger partial charge in [0.2, 0.25) is 0 Å². The normalized spacial score (nSPS) is 17.7. The summed E-state index contributed by atoms with van der Waals surface area (Å²) in [6.45, 7) is 0.804. The quantitative estimate of drug-likeness (QED) is 0.601. The van der Waals surface area contributed by atoms with E-state index in [9.17, 15) is 18.0 Å². The molecule has 4 rings (SSSR count). The minimum absolute atomic E-state index is 0.0742. The number of hydrogen-bond donors (Lipinski definition) is 2. The van der Waals surface area contributed by atoms with Crippen LogP contribution in [0.1, 0.15) is 46.8 Å². The zero-order chi connectivity index (χ0) is 22.7. The van der Waals surface area contributed by atoms with Gasteiger partial charge >= 0.3 is 6.18 Å². The molecule has 168 valence electrons. The molecule has 0 bridgehead atoms. The predicted molar refractivity (Wildman–Crippen MR) is 116 cm³/mol. The number of aryl methyl sites for hydroxylation is 1. The fourth-order valence-corrected chi connectivity index (χ4v) is 4.21. The number of hydrogen-bond acceptors (Lipinski definition) is 3. The Kier molecular flexibility index (Phi) is 6.32. The van der Waals surface area contributed by atoms with Crippen LogP contribution in [-0.4, -0.2) is 28.3 Å². The Morgan fingerprint density at radius 3 is 2.66 bits per heavy atom. The van der Waals surface area contributed by atoms with Crippen LogP contribution in [0.3, 0.4) is 0 Å². The Bertz CT molecular complexity index is 1090. The third-order valence-corrected chi connectivity index (χ3v) is 5.80. The molecule has 1 aromatic heterocycles. The topological polar surface area (TPSA) is 59.0 Å². The summed E-state index contributed by atoms with van der Waals surface area (Å²) in [4.78, 5) is 13.0. The van der Waals surface area contributed by atoms with Crippen LogP contribution < -0.4 is 10.6 Å². The fourth-order valence-electron chi connectivity index (χ4n) is 4.21. The number of amides is 1. The Morgan fingerprint density at radius 2 is 1.97 bits per heavy atom. The molecule has 1 aliphatic heterocycles. The van der Waals surface area contributed by atoms with E-state index in [4.69, 9.17) is 0 Å². The molecule has 1 aliphatic rings. The van der Waals surface area contributed by atoms with Gasteiger partial charge in [0.1, 0.15) is 0 Å². The molecule has 1 fully saturated rings. The number of rotatable bonds is 5. The first-order valence-electron chi connectivity index (χ1n) is 10.6. The Hall–Kier alpha value is -3.13. The Labute approximate surface area is 184 Å². The minimum Gasteiger partial charge on any atom is -0.344 e. The van der Waals surface area contributed by atoms with Gasteiger partial charge < -0.3 is 10.6 Å². The van der Waals surface area contributed by atoms with Crippen molar-refractivity contribution in [2.45, 2.75) is 37.5 Å². The molecule has 3 aromatic rings. The molecule has 2 aromatic carbocycles. The maximum atomic E-state index is 13.5. The second kappa shape index (κ2) is 9.16. The van der Waals surface area contributed by atoms with Crippen molar-refractivity contribution in [3.05, 3.63) is 77.6 Å². The van der Waals surface area contributed by atoms with Gasteiger partial charge in [0.15, 0.2) is 0 Å². The van der Waals surface area contributed by atoms with Crippen LogP contribution in [-0.2, 0) is 13.2 Å². The number of aromatic nitrogens is 2. The van der Waals surface area contributed by atoms with Gasteiger partial charge in [-0.05, 0) is 48.7 Å². The van der Waals surface area contributed by atoms with Gasteiger partial charge in [-0.15, -0.1) is 0 Å². The number of nitrogens with zero attached hydrogens (tertiary/aromatic N) is 2. The van der Waals surface area contributed by atoms with Gasteiger partial charge in [-0.3, -0.25) is 9.48 Å². The van der Waals surface area contributed by atoms with E-state index in [2.05, 4.69) is 15.7 Å². The molecule has 2 N–H and O–H groups in total. The van der Waals surface area contributed by atoms with Crippen molar-refractivity contribution in [1.82, 2.24) is 20.4 Å². The summed E-state index contributed by atoms with van der Waals surface area (Å²) in [5.41, 5.74) is 1.39. The Balaban J connectivity index is 1.68. The molecule has 2 atom stereocenters. The molecule has 0 unspecified atom stereocenters. The SMILES string of the molecule is Cn1cc(-c2cccc([C@H](NC(=O)c3ccccc3C(F)(F)F)[C@@H]3CCCCN3)c2)cn1. The van der Waals surface area contributed by atoms with Crippen molar-refractivity contribution in [2.24, 2.45) is 7.05 Å². The molecule has 5 nitrogen and oxygen atoms in total. The third kappa shape index (κ3) is 4.85. The first-order chi connectivity index (χ1) is 15.3. The lowest BCUT2D eigenvalue weighted by molar-refractivity contribution is -0.137. The number of halogens is 3. The second-order valence-corrected chi connectivity index (χ2v) is 8.08. The van der Waals surface area contributed by atoms with Gasteiger partial charge in [-0.2, -0.15) is 18.3 Å². The predicted octanol–water partition coefficient (Wildman–Crippen LogP) is 4.72. The molecule has 0 aliphatic carbocycles. The van der Waals surface area contributed by atoms with Crippen LogP contribution >= 0.6 is 0 Å². The molecule has 2 heterocycles. The summed E-state index contributed by atoms with van der Waals surface area (Å²) in [5, 5.41) is 10.5. The highest BCUT2D eigenvalue weighted by atomic mass is 19.4. The third-order valence-electron chi connectivity index (χ3n) is 5.80. The van der Waals surface area contributed by atoms with E-state index in [1.807, 2.05) is 37.5 Å². The summed E-state index contributed by atoms with van der Waals surface area (Å²) in [5.74, 6) is -0.734. The summed E-state index contributed by atoms with van der Waals surface area (Å²) >= 11 is 0. The first-order valence-corrected chi connectivity index (χ1v) is 10.6. The zero-order valence-electron chi connectivity index (χ0n) is 17.7. The maximum Gasteiger partial charge on any atom is 0.417 e. The number of alkyl halides is 3. The zero-order valence-corrected chi connectivity index (χ0v) is 17.7. The smallest absolute Gasteiger partial charge is 0.344 e.